The summed E-state index contributed by atoms with van der Waals surface area (Å²) in [6, 6.07) is 7.34. The van der Waals surface area contributed by atoms with Gasteiger partial charge in [-0.1, -0.05) is 12.1 Å². The number of aromatic nitrogens is 2. The van der Waals surface area contributed by atoms with Gasteiger partial charge in [-0.2, -0.15) is 0 Å². The number of rotatable bonds is 10. The van der Waals surface area contributed by atoms with Gasteiger partial charge in [0.25, 0.3) is 11.5 Å². The number of amides is 1. The summed E-state index contributed by atoms with van der Waals surface area (Å²) in [5, 5.41) is 20.7. The first-order valence-electron chi connectivity index (χ1n) is 9.85. The number of nitrogen functional groups attached to an aromatic ring is 1. The Hall–Kier alpha value is -3.73. The van der Waals surface area contributed by atoms with Crippen LogP contribution in [0.3, 0.4) is 0 Å². The number of hydrogen-bond acceptors (Lipinski definition) is 7. The number of fused-ring (bicyclic) bond motifs is 1. The van der Waals surface area contributed by atoms with E-state index in [0.29, 0.717) is 15.8 Å². The summed E-state index contributed by atoms with van der Waals surface area (Å²) in [7, 11) is 0. The van der Waals surface area contributed by atoms with E-state index in [2.05, 4.69) is 15.3 Å². The zero-order valence-electron chi connectivity index (χ0n) is 17.0. The molecule has 0 aliphatic heterocycles. The molecule has 0 spiro atoms. The molecule has 0 saturated heterocycles. The molecule has 3 rings (SSSR count). The van der Waals surface area contributed by atoms with Crippen LogP contribution in [0.25, 0.3) is 10.2 Å². The van der Waals surface area contributed by atoms with E-state index in [-0.39, 0.29) is 24.3 Å². The largest absolute Gasteiger partial charge is 0.481 e. The number of aryl methyl sites for hydroxylation is 2. The van der Waals surface area contributed by atoms with Crippen molar-refractivity contribution in [3.8, 4) is 0 Å². The second-order valence-electron chi connectivity index (χ2n) is 7.23. The van der Waals surface area contributed by atoms with Gasteiger partial charge >= 0.3 is 11.9 Å². The third-order valence-corrected chi connectivity index (χ3v) is 5.92. The summed E-state index contributed by atoms with van der Waals surface area (Å²) < 4.78 is 0. The first-order valence-corrected chi connectivity index (χ1v) is 10.7. The highest BCUT2D eigenvalue weighted by Crippen LogP contribution is 2.23. The average Bonchev–Trinajstić information content (AvgIpc) is 3.14. The quantitative estimate of drug-likeness (QED) is 0.305. The summed E-state index contributed by atoms with van der Waals surface area (Å²) in [6.07, 6.45) is 1.78. The molecule has 0 radical (unpaired) electrons. The van der Waals surface area contributed by atoms with Crippen LogP contribution in [0.4, 0.5) is 5.95 Å². The van der Waals surface area contributed by atoms with E-state index in [9.17, 15) is 19.2 Å². The molecule has 0 bridgehead atoms. The van der Waals surface area contributed by atoms with E-state index >= 15 is 0 Å². The number of benzene rings is 1. The zero-order chi connectivity index (χ0) is 23.3. The molecule has 1 amide bonds. The molecule has 10 nitrogen and oxygen atoms in total. The molecule has 0 fully saturated rings. The molecule has 11 heteroatoms. The smallest absolute Gasteiger partial charge is 0.326 e. The Morgan fingerprint density at radius 3 is 2.53 bits per heavy atom. The van der Waals surface area contributed by atoms with E-state index < -0.39 is 23.9 Å². The van der Waals surface area contributed by atoms with Crippen LogP contribution in [-0.2, 0) is 22.4 Å². The molecule has 0 aliphatic rings. The van der Waals surface area contributed by atoms with Gasteiger partial charge in [0.1, 0.15) is 10.9 Å². The fraction of sp³-hybridized carbons (Fsp3) is 0.286. The highest BCUT2D eigenvalue weighted by Gasteiger charge is 2.21. The first-order chi connectivity index (χ1) is 15.2. The Kier molecular flexibility index (Phi) is 7.21. The van der Waals surface area contributed by atoms with E-state index in [1.807, 2.05) is 6.07 Å². The molecule has 2 heterocycles. The average molecular weight is 458 g/mol. The third kappa shape index (κ3) is 5.91. The maximum atomic E-state index is 12.3. The molecule has 2 aromatic heterocycles. The normalized spacial score (nSPS) is 11.9. The van der Waals surface area contributed by atoms with Gasteiger partial charge in [0.15, 0.2) is 0 Å². The maximum absolute atomic E-state index is 12.3. The van der Waals surface area contributed by atoms with E-state index in [4.69, 9.17) is 15.9 Å². The topological polar surface area (TPSA) is 175 Å². The van der Waals surface area contributed by atoms with Gasteiger partial charge in [0.2, 0.25) is 5.95 Å². The second-order valence-corrected chi connectivity index (χ2v) is 8.35. The van der Waals surface area contributed by atoms with Crippen molar-refractivity contribution in [1.29, 1.82) is 0 Å². The number of carboxylic acids is 2. The Morgan fingerprint density at radius 1 is 1.16 bits per heavy atom. The van der Waals surface area contributed by atoms with Crippen LogP contribution in [-0.4, -0.2) is 44.1 Å². The van der Waals surface area contributed by atoms with Gasteiger partial charge in [-0.3, -0.25) is 19.4 Å². The first kappa shape index (κ1) is 22.9. The van der Waals surface area contributed by atoms with Crippen LogP contribution in [0.2, 0.25) is 0 Å². The Morgan fingerprint density at radius 2 is 1.88 bits per heavy atom. The van der Waals surface area contributed by atoms with Crippen LogP contribution in [0.5, 0.6) is 0 Å². The predicted octanol–water partition coefficient (Wildman–Crippen LogP) is 1.79. The number of thiophene rings is 1. The number of aromatic amines is 1. The number of aliphatic carboxylic acids is 2. The lowest BCUT2D eigenvalue weighted by Crippen LogP contribution is -2.41. The van der Waals surface area contributed by atoms with Crippen molar-refractivity contribution in [1.82, 2.24) is 15.3 Å². The van der Waals surface area contributed by atoms with Crippen molar-refractivity contribution < 1.29 is 24.6 Å². The Balaban J connectivity index is 1.54. The fourth-order valence-electron chi connectivity index (χ4n) is 3.18. The zero-order valence-corrected chi connectivity index (χ0v) is 17.8. The van der Waals surface area contributed by atoms with Crippen molar-refractivity contribution >= 4 is 45.3 Å². The molecule has 168 valence electrons. The van der Waals surface area contributed by atoms with Crippen molar-refractivity contribution in [2.24, 2.45) is 0 Å². The molecule has 1 atom stereocenters. The van der Waals surface area contributed by atoms with Crippen molar-refractivity contribution in [2.75, 3.05) is 5.73 Å². The number of carboxylic acid groups (broad SMARTS) is 2. The third-order valence-electron chi connectivity index (χ3n) is 4.83. The molecule has 0 saturated carbocycles. The fourth-order valence-corrected chi connectivity index (χ4v) is 4.25. The van der Waals surface area contributed by atoms with Gasteiger partial charge in [-0.05, 0) is 49.4 Å². The number of nitrogens with zero attached hydrogens (tertiary/aromatic N) is 1. The molecular weight excluding hydrogens is 436 g/mol. The number of carbonyl (C=O) groups excluding carboxylic acids is 1. The van der Waals surface area contributed by atoms with Crippen molar-refractivity contribution in [2.45, 2.75) is 38.1 Å². The van der Waals surface area contributed by atoms with E-state index in [1.54, 1.807) is 24.3 Å². The summed E-state index contributed by atoms with van der Waals surface area (Å²) in [6.45, 7) is 0. The number of nitrogens with two attached hydrogens (primary N) is 1. The number of anilines is 1. The van der Waals surface area contributed by atoms with Gasteiger partial charge in [0.05, 0.1) is 5.39 Å². The SMILES string of the molecule is Nc1nc2sc(CCCc3ccc(C(=O)N[C@@H](CCC(=O)O)C(=O)O)cc3)cc2c(=O)[nH]1. The summed E-state index contributed by atoms with van der Waals surface area (Å²) in [4.78, 5) is 54.3. The molecule has 3 aromatic rings. The standard InChI is InChI=1S/C21H22N4O6S/c22-21-24-18(29)14-10-13(32-19(14)25-21)3-1-2-11-4-6-12(7-5-11)17(28)23-15(20(30)31)8-9-16(26)27/h4-7,10,15H,1-3,8-9H2,(H,23,28)(H,26,27)(H,30,31)(H3,22,24,25,29)/t15-/m0/s1. The highest BCUT2D eigenvalue weighted by molar-refractivity contribution is 7.18. The number of nitrogens with one attached hydrogen (secondary N) is 2. The molecule has 32 heavy (non-hydrogen) atoms. The molecule has 0 aliphatic carbocycles. The van der Waals surface area contributed by atoms with Gasteiger partial charge in [0, 0.05) is 16.9 Å². The molecular formula is C21H22N4O6S. The summed E-state index contributed by atoms with van der Waals surface area (Å²) in [5.41, 5.74) is 6.62. The lowest BCUT2D eigenvalue weighted by Gasteiger charge is -2.13. The predicted molar refractivity (Wildman–Crippen MR) is 119 cm³/mol. The second kappa shape index (κ2) is 10.1. The summed E-state index contributed by atoms with van der Waals surface area (Å²) >= 11 is 1.43. The number of carbonyl (C=O) groups is 3. The minimum absolute atomic E-state index is 0.0941. The summed E-state index contributed by atoms with van der Waals surface area (Å²) in [5.74, 6) is -2.89. The van der Waals surface area contributed by atoms with E-state index in [1.165, 1.54) is 11.3 Å². The Bertz CT molecular complexity index is 1200. The molecule has 1 aromatic carbocycles. The number of H-pyrrole nitrogens is 1. The van der Waals surface area contributed by atoms with Gasteiger partial charge in [-0.25, -0.2) is 9.78 Å². The van der Waals surface area contributed by atoms with Crippen LogP contribution in [0, 0.1) is 0 Å². The van der Waals surface area contributed by atoms with Crippen LogP contribution in [0.15, 0.2) is 35.1 Å². The van der Waals surface area contributed by atoms with Crippen molar-refractivity contribution in [3.05, 3.63) is 56.7 Å². The van der Waals surface area contributed by atoms with Crippen LogP contribution < -0.4 is 16.6 Å². The minimum atomic E-state index is -1.28. The van der Waals surface area contributed by atoms with Crippen LogP contribution in [0.1, 0.15) is 40.1 Å². The van der Waals surface area contributed by atoms with Gasteiger partial charge in [-0.15, -0.1) is 11.3 Å². The van der Waals surface area contributed by atoms with Crippen LogP contribution >= 0.6 is 11.3 Å². The highest BCUT2D eigenvalue weighted by atomic mass is 32.1. The Labute approximate surface area is 186 Å². The number of hydrogen-bond donors (Lipinski definition) is 5. The lowest BCUT2D eigenvalue weighted by atomic mass is 10.0. The lowest BCUT2D eigenvalue weighted by molar-refractivity contribution is -0.140. The molecule has 0 unspecified atom stereocenters. The monoisotopic (exact) mass is 458 g/mol. The van der Waals surface area contributed by atoms with Crippen molar-refractivity contribution in [3.63, 3.8) is 0 Å². The minimum Gasteiger partial charge on any atom is -0.481 e. The maximum Gasteiger partial charge on any atom is 0.326 e. The molecule has 6 N–H and O–H groups in total. The van der Waals surface area contributed by atoms with Gasteiger partial charge < -0.3 is 21.3 Å². The van der Waals surface area contributed by atoms with E-state index in [0.717, 1.165) is 29.7 Å².